The number of carbonyl (C=O) groups excluding carboxylic acids is 4. The SMILES string of the molecule is CCOC(=O)[C@H]1N=C(C2=C(O)c3ccccc3C2=O)[C@H]2C(=O)N(c3ccc(Cl)cc3)C(=O)[C@@H]21. The van der Waals surface area contributed by atoms with Crippen LogP contribution in [0.3, 0.4) is 0 Å². The fraction of sp³-hybridized carbons (Fsp3) is 0.208. The van der Waals surface area contributed by atoms with Crippen LogP contribution in [0.2, 0.25) is 5.02 Å². The molecule has 2 amide bonds. The Morgan fingerprint density at radius 1 is 1.06 bits per heavy atom. The molecule has 5 rings (SSSR count). The van der Waals surface area contributed by atoms with Crippen molar-refractivity contribution in [2.24, 2.45) is 16.8 Å². The summed E-state index contributed by atoms with van der Waals surface area (Å²) in [5.74, 6) is -5.28. The molecule has 166 valence electrons. The summed E-state index contributed by atoms with van der Waals surface area (Å²) in [6.07, 6.45) is 0. The standard InChI is InChI=1S/C24H17ClN2O6/c1-2-33-24(32)19-16-15(22(30)27(23(16)31)12-9-7-11(25)8-10-12)18(26-19)17-20(28)13-5-3-4-6-14(13)21(17)29/h3-10,15-16,19,28H,2H2,1H3/t15-,16-,19-/m0/s1. The minimum absolute atomic E-state index is 0.0545. The second-order valence-corrected chi connectivity index (χ2v) is 8.24. The summed E-state index contributed by atoms with van der Waals surface area (Å²) in [4.78, 5) is 57.9. The highest BCUT2D eigenvalue weighted by Crippen LogP contribution is 2.44. The number of ketones is 1. The maximum absolute atomic E-state index is 13.5. The number of halogens is 1. The number of fused-ring (bicyclic) bond motifs is 2. The van der Waals surface area contributed by atoms with Crippen molar-refractivity contribution in [1.82, 2.24) is 0 Å². The van der Waals surface area contributed by atoms with Crippen LogP contribution in [0.4, 0.5) is 5.69 Å². The van der Waals surface area contributed by atoms with E-state index in [0.717, 1.165) is 4.90 Å². The molecule has 1 aliphatic carbocycles. The molecule has 1 saturated heterocycles. The molecule has 0 bridgehead atoms. The number of rotatable bonds is 4. The number of Topliss-reactive ketones (excluding diaryl/α,β-unsaturated/α-hetero) is 1. The molecule has 0 spiro atoms. The number of hydrogen-bond acceptors (Lipinski definition) is 7. The molecule has 3 atom stereocenters. The summed E-state index contributed by atoms with van der Waals surface area (Å²) < 4.78 is 5.09. The number of esters is 1. The maximum atomic E-state index is 13.5. The van der Waals surface area contributed by atoms with Gasteiger partial charge >= 0.3 is 5.97 Å². The first-order valence-corrected chi connectivity index (χ1v) is 10.7. The number of aliphatic hydroxyl groups is 1. The zero-order chi connectivity index (χ0) is 23.4. The van der Waals surface area contributed by atoms with Crippen molar-refractivity contribution in [3.63, 3.8) is 0 Å². The van der Waals surface area contributed by atoms with Gasteiger partial charge in [-0.05, 0) is 31.2 Å². The summed E-state index contributed by atoms with van der Waals surface area (Å²) >= 11 is 5.93. The van der Waals surface area contributed by atoms with Gasteiger partial charge in [0.2, 0.25) is 11.8 Å². The zero-order valence-electron chi connectivity index (χ0n) is 17.3. The van der Waals surface area contributed by atoms with Crippen molar-refractivity contribution < 1.29 is 29.0 Å². The summed E-state index contributed by atoms with van der Waals surface area (Å²) in [6.45, 7) is 1.67. The van der Waals surface area contributed by atoms with Crippen LogP contribution in [0, 0.1) is 11.8 Å². The summed E-state index contributed by atoms with van der Waals surface area (Å²) in [5.41, 5.74) is 0.603. The fourth-order valence-corrected chi connectivity index (χ4v) is 4.73. The van der Waals surface area contributed by atoms with Gasteiger partial charge in [-0.1, -0.05) is 35.9 Å². The molecule has 1 fully saturated rings. The number of anilines is 1. The summed E-state index contributed by atoms with van der Waals surface area (Å²) in [7, 11) is 0. The molecule has 2 aliphatic heterocycles. The van der Waals surface area contributed by atoms with Crippen molar-refractivity contribution in [3.8, 4) is 0 Å². The Morgan fingerprint density at radius 3 is 2.36 bits per heavy atom. The lowest BCUT2D eigenvalue weighted by Crippen LogP contribution is -2.36. The van der Waals surface area contributed by atoms with E-state index < -0.39 is 41.4 Å². The molecular weight excluding hydrogens is 448 g/mol. The average Bonchev–Trinajstić information content (AvgIpc) is 3.39. The topological polar surface area (TPSA) is 113 Å². The Kier molecular flexibility index (Phi) is 4.90. The van der Waals surface area contributed by atoms with Crippen molar-refractivity contribution in [2.75, 3.05) is 11.5 Å². The first-order chi connectivity index (χ1) is 15.8. The first kappa shape index (κ1) is 21.1. The van der Waals surface area contributed by atoms with E-state index in [9.17, 15) is 24.3 Å². The lowest BCUT2D eigenvalue weighted by Gasteiger charge is -2.17. The molecule has 1 N–H and O–H groups in total. The lowest BCUT2D eigenvalue weighted by molar-refractivity contribution is -0.147. The third-order valence-electron chi connectivity index (χ3n) is 6.02. The molecular formula is C24H17ClN2O6. The molecule has 0 aromatic heterocycles. The van der Waals surface area contributed by atoms with E-state index in [2.05, 4.69) is 4.99 Å². The second kappa shape index (κ2) is 7.67. The van der Waals surface area contributed by atoms with Gasteiger partial charge in [-0.15, -0.1) is 0 Å². The van der Waals surface area contributed by atoms with E-state index in [1.54, 1.807) is 31.2 Å². The molecule has 9 heteroatoms. The Hall–Kier alpha value is -3.78. The van der Waals surface area contributed by atoms with Crippen LogP contribution < -0.4 is 4.90 Å². The van der Waals surface area contributed by atoms with Crippen LogP contribution in [-0.4, -0.2) is 47.0 Å². The van der Waals surface area contributed by atoms with Crippen LogP contribution in [0.15, 0.2) is 59.1 Å². The van der Waals surface area contributed by atoms with Gasteiger partial charge in [0.15, 0.2) is 11.8 Å². The molecule has 2 heterocycles. The van der Waals surface area contributed by atoms with Crippen molar-refractivity contribution in [1.29, 1.82) is 0 Å². The maximum Gasteiger partial charge on any atom is 0.331 e. The predicted octanol–water partition coefficient (Wildman–Crippen LogP) is 3.00. The van der Waals surface area contributed by atoms with Gasteiger partial charge in [0.05, 0.1) is 35.4 Å². The fourth-order valence-electron chi connectivity index (χ4n) is 4.60. The molecule has 0 unspecified atom stereocenters. The number of imide groups is 1. The molecule has 3 aliphatic rings. The van der Waals surface area contributed by atoms with Gasteiger partial charge in [-0.3, -0.25) is 19.4 Å². The molecule has 8 nitrogen and oxygen atoms in total. The van der Waals surface area contributed by atoms with E-state index in [1.165, 1.54) is 24.3 Å². The third-order valence-corrected chi connectivity index (χ3v) is 6.28. The zero-order valence-corrected chi connectivity index (χ0v) is 18.1. The molecule has 2 aromatic rings. The van der Waals surface area contributed by atoms with Gasteiger partial charge in [0.1, 0.15) is 5.76 Å². The van der Waals surface area contributed by atoms with Gasteiger partial charge in [-0.2, -0.15) is 0 Å². The third kappa shape index (κ3) is 3.01. The minimum atomic E-state index is -1.31. The smallest absolute Gasteiger partial charge is 0.331 e. The lowest BCUT2D eigenvalue weighted by atomic mass is 9.85. The van der Waals surface area contributed by atoms with Crippen LogP contribution in [0.1, 0.15) is 22.8 Å². The highest BCUT2D eigenvalue weighted by Gasteiger charge is 2.61. The number of aliphatic imine (C=N–C) groups is 1. The van der Waals surface area contributed by atoms with Crippen LogP contribution in [0.5, 0.6) is 0 Å². The normalized spacial score (nSPS) is 23.7. The van der Waals surface area contributed by atoms with E-state index in [0.29, 0.717) is 10.6 Å². The van der Waals surface area contributed by atoms with Gasteiger partial charge in [0.25, 0.3) is 0 Å². The Morgan fingerprint density at radius 2 is 1.73 bits per heavy atom. The monoisotopic (exact) mass is 464 g/mol. The number of nitrogens with zero attached hydrogens (tertiary/aromatic N) is 2. The highest BCUT2D eigenvalue weighted by atomic mass is 35.5. The largest absolute Gasteiger partial charge is 0.506 e. The second-order valence-electron chi connectivity index (χ2n) is 7.80. The number of aliphatic hydroxyl groups excluding tert-OH is 1. The number of benzene rings is 2. The van der Waals surface area contributed by atoms with E-state index in [1.807, 2.05) is 0 Å². The Bertz CT molecular complexity index is 1300. The molecule has 33 heavy (non-hydrogen) atoms. The van der Waals surface area contributed by atoms with E-state index >= 15 is 0 Å². The van der Waals surface area contributed by atoms with Crippen molar-refractivity contribution in [2.45, 2.75) is 13.0 Å². The Labute approximate surface area is 193 Å². The minimum Gasteiger partial charge on any atom is -0.506 e. The quantitative estimate of drug-likeness (QED) is 0.549. The van der Waals surface area contributed by atoms with Crippen LogP contribution in [0.25, 0.3) is 5.76 Å². The van der Waals surface area contributed by atoms with E-state index in [4.69, 9.17) is 16.3 Å². The van der Waals surface area contributed by atoms with Gasteiger partial charge < -0.3 is 9.84 Å². The van der Waals surface area contributed by atoms with Crippen molar-refractivity contribution in [3.05, 3.63) is 70.3 Å². The highest BCUT2D eigenvalue weighted by molar-refractivity contribution is 6.43. The number of hydrogen-bond donors (Lipinski definition) is 1. The van der Waals surface area contributed by atoms with Crippen molar-refractivity contribution >= 4 is 52.3 Å². The number of carbonyl (C=O) groups is 4. The average molecular weight is 465 g/mol. The number of amides is 2. The van der Waals surface area contributed by atoms with E-state index in [-0.39, 0.29) is 34.9 Å². The molecule has 0 radical (unpaired) electrons. The summed E-state index contributed by atoms with van der Waals surface area (Å²) in [6, 6.07) is 11.2. The molecule has 0 saturated carbocycles. The predicted molar refractivity (Wildman–Crippen MR) is 119 cm³/mol. The molecule has 2 aromatic carbocycles. The number of ether oxygens (including phenoxy) is 1. The summed E-state index contributed by atoms with van der Waals surface area (Å²) in [5, 5.41) is 11.2. The number of allylic oxidation sites excluding steroid dienone is 1. The van der Waals surface area contributed by atoms with Gasteiger partial charge in [-0.25, -0.2) is 9.69 Å². The van der Waals surface area contributed by atoms with Gasteiger partial charge in [0, 0.05) is 16.1 Å². The first-order valence-electron chi connectivity index (χ1n) is 10.3. The Balaban J connectivity index is 1.63. The van der Waals surface area contributed by atoms with Crippen LogP contribution >= 0.6 is 11.6 Å². The van der Waals surface area contributed by atoms with Crippen LogP contribution in [-0.2, 0) is 19.1 Å².